The molecule has 0 saturated carbocycles. The van der Waals surface area contributed by atoms with E-state index in [9.17, 15) is 9.59 Å². The number of urea groups is 1. The lowest BCUT2D eigenvalue weighted by Gasteiger charge is -2.13. The van der Waals surface area contributed by atoms with Crippen LogP contribution in [0.1, 0.15) is 12.0 Å². The van der Waals surface area contributed by atoms with E-state index in [1.54, 1.807) is 36.7 Å². The number of amides is 3. The van der Waals surface area contributed by atoms with Gasteiger partial charge in [0.1, 0.15) is 0 Å². The summed E-state index contributed by atoms with van der Waals surface area (Å²) in [5.41, 5.74) is 7.60. The third-order valence-electron chi connectivity index (χ3n) is 3.62. The summed E-state index contributed by atoms with van der Waals surface area (Å²) in [6.45, 7) is 0.658. The van der Waals surface area contributed by atoms with Gasteiger partial charge in [-0.15, -0.1) is 24.8 Å². The number of nitrogens with zero attached hydrogens (tertiary/aromatic N) is 1. The van der Waals surface area contributed by atoms with Crippen LogP contribution >= 0.6 is 24.8 Å². The van der Waals surface area contributed by atoms with Crippen molar-refractivity contribution in [2.75, 3.05) is 24.3 Å². The largest absolute Gasteiger partial charge is 0.380 e. The van der Waals surface area contributed by atoms with Gasteiger partial charge in [0.25, 0.3) is 0 Å². The van der Waals surface area contributed by atoms with Crippen LogP contribution in [0.3, 0.4) is 0 Å². The van der Waals surface area contributed by atoms with Gasteiger partial charge in [-0.1, -0.05) is 6.07 Å². The topological polar surface area (TPSA) is 118 Å². The zero-order valence-corrected chi connectivity index (χ0v) is 17.0. The molecule has 1 heterocycles. The van der Waals surface area contributed by atoms with Crippen LogP contribution < -0.4 is 21.7 Å². The molecule has 0 aliphatic rings. The lowest BCUT2D eigenvalue weighted by atomic mass is 10.2. The highest BCUT2D eigenvalue weighted by Crippen LogP contribution is 2.15. The predicted molar refractivity (Wildman–Crippen MR) is 114 cm³/mol. The Bertz CT molecular complexity index is 730. The van der Waals surface area contributed by atoms with Crippen LogP contribution in [0.5, 0.6) is 0 Å². The first kappa shape index (κ1) is 25.6. The molecule has 28 heavy (non-hydrogen) atoms. The number of carbonyl (C=O) groups excluding carboxylic acids is 2. The Balaban J connectivity index is 0.00000364. The van der Waals surface area contributed by atoms with Gasteiger partial charge in [-0.25, -0.2) is 4.79 Å². The maximum atomic E-state index is 12.0. The molecule has 0 saturated heterocycles. The fourth-order valence-electron chi connectivity index (χ4n) is 2.21. The van der Waals surface area contributed by atoms with Crippen molar-refractivity contribution in [1.29, 1.82) is 0 Å². The predicted octanol–water partition coefficient (Wildman–Crippen LogP) is 2.55. The summed E-state index contributed by atoms with van der Waals surface area (Å²) >= 11 is 0. The average Bonchev–Trinajstić information content (AvgIpc) is 2.65. The molecule has 1 unspecified atom stereocenters. The molecule has 0 aliphatic heterocycles. The Hall–Kier alpha value is -2.39. The third-order valence-corrected chi connectivity index (χ3v) is 3.62. The highest BCUT2D eigenvalue weighted by molar-refractivity contribution is 5.93. The second-order valence-corrected chi connectivity index (χ2v) is 5.59. The first-order valence-electron chi connectivity index (χ1n) is 8.17. The van der Waals surface area contributed by atoms with E-state index in [0.717, 1.165) is 5.56 Å². The molecule has 1 aromatic carbocycles. The molecule has 0 radical (unpaired) electrons. The van der Waals surface area contributed by atoms with Crippen molar-refractivity contribution in [3.8, 4) is 0 Å². The first-order valence-corrected chi connectivity index (χ1v) is 8.17. The molecule has 1 atom stereocenters. The lowest BCUT2D eigenvalue weighted by molar-refractivity contribution is -0.118. The second-order valence-electron chi connectivity index (χ2n) is 5.59. The maximum Gasteiger partial charge on any atom is 0.319 e. The normalized spacial score (nSPS) is 10.6. The van der Waals surface area contributed by atoms with Crippen molar-refractivity contribution < 1.29 is 14.3 Å². The third kappa shape index (κ3) is 9.01. The Morgan fingerprint density at radius 2 is 1.75 bits per heavy atom. The van der Waals surface area contributed by atoms with Gasteiger partial charge < -0.3 is 26.4 Å². The number of carbonyl (C=O) groups is 2. The molecule has 3 amide bonds. The molecule has 0 aliphatic carbocycles. The van der Waals surface area contributed by atoms with Crippen LogP contribution in [0.2, 0.25) is 0 Å². The van der Waals surface area contributed by atoms with Crippen molar-refractivity contribution in [3.63, 3.8) is 0 Å². The molecule has 2 aromatic rings. The van der Waals surface area contributed by atoms with Gasteiger partial charge in [0.05, 0.1) is 12.5 Å². The van der Waals surface area contributed by atoms with E-state index in [0.29, 0.717) is 17.9 Å². The SMILES string of the molecule is COC(CN)CC(=O)Nc1cccc(NC(=O)NCc2ccncc2)c1.Cl.Cl. The number of hydrogen-bond donors (Lipinski definition) is 4. The van der Waals surface area contributed by atoms with Crippen molar-refractivity contribution >= 4 is 48.1 Å². The van der Waals surface area contributed by atoms with E-state index in [-0.39, 0.29) is 55.8 Å². The zero-order chi connectivity index (χ0) is 18.8. The van der Waals surface area contributed by atoms with E-state index >= 15 is 0 Å². The summed E-state index contributed by atoms with van der Waals surface area (Å²) in [7, 11) is 1.51. The Morgan fingerprint density at radius 1 is 1.11 bits per heavy atom. The summed E-state index contributed by atoms with van der Waals surface area (Å²) < 4.78 is 5.09. The van der Waals surface area contributed by atoms with E-state index in [1.165, 1.54) is 7.11 Å². The van der Waals surface area contributed by atoms with Crippen LogP contribution in [-0.4, -0.2) is 36.7 Å². The number of nitrogens with one attached hydrogen (secondary N) is 3. The quantitative estimate of drug-likeness (QED) is 0.513. The van der Waals surface area contributed by atoms with Crippen LogP contribution in [0.15, 0.2) is 48.8 Å². The summed E-state index contributed by atoms with van der Waals surface area (Å²) in [6, 6.07) is 10.2. The van der Waals surface area contributed by atoms with E-state index < -0.39 is 0 Å². The number of hydrogen-bond acceptors (Lipinski definition) is 5. The monoisotopic (exact) mass is 429 g/mol. The summed E-state index contributed by atoms with van der Waals surface area (Å²) in [5, 5.41) is 8.24. The highest BCUT2D eigenvalue weighted by atomic mass is 35.5. The van der Waals surface area contributed by atoms with Crippen molar-refractivity contribution in [2.45, 2.75) is 19.1 Å². The molecule has 2 rings (SSSR count). The minimum atomic E-state index is -0.340. The number of nitrogens with two attached hydrogens (primary N) is 1. The van der Waals surface area contributed by atoms with Crippen molar-refractivity contribution in [3.05, 3.63) is 54.4 Å². The van der Waals surface area contributed by atoms with Gasteiger partial charge in [0.15, 0.2) is 0 Å². The van der Waals surface area contributed by atoms with E-state index in [4.69, 9.17) is 10.5 Å². The zero-order valence-electron chi connectivity index (χ0n) is 15.4. The van der Waals surface area contributed by atoms with E-state index in [1.807, 2.05) is 12.1 Å². The van der Waals surface area contributed by atoms with Crippen molar-refractivity contribution in [2.24, 2.45) is 5.73 Å². The van der Waals surface area contributed by atoms with Gasteiger partial charge in [0, 0.05) is 44.0 Å². The number of halogens is 2. The average molecular weight is 430 g/mol. The maximum absolute atomic E-state index is 12.0. The first-order chi connectivity index (χ1) is 12.6. The minimum Gasteiger partial charge on any atom is -0.380 e. The van der Waals surface area contributed by atoms with Crippen LogP contribution in [0, 0.1) is 0 Å². The minimum absolute atomic E-state index is 0. The van der Waals surface area contributed by atoms with E-state index in [2.05, 4.69) is 20.9 Å². The number of methoxy groups -OCH3 is 1. The molecule has 10 heteroatoms. The number of anilines is 2. The van der Waals surface area contributed by atoms with Crippen LogP contribution in [-0.2, 0) is 16.1 Å². The molecule has 0 bridgehead atoms. The fourth-order valence-corrected chi connectivity index (χ4v) is 2.21. The lowest BCUT2D eigenvalue weighted by Crippen LogP contribution is -2.28. The molecule has 1 aromatic heterocycles. The smallest absolute Gasteiger partial charge is 0.319 e. The fraction of sp³-hybridized carbons (Fsp3) is 0.278. The van der Waals surface area contributed by atoms with Crippen LogP contribution in [0.4, 0.5) is 16.2 Å². The van der Waals surface area contributed by atoms with Gasteiger partial charge in [-0.05, 0) is 35.9 Å². The standard InChI is InChI=1S/C18H23N5O3.2ClH/c1-26-16(11-19)10-17(24)22-14-3-2-4-15(9-14)23-18(25)21-12-13-5-7-20-8-6-13;;/h2-9,16H,10-12,19H2,1H3,(H,22,24)(H2,21,23,25);2*1H. The summed E-state index contributed by atoms with van der Waals surface area (Å²) in [4.78, 5) is 27.9. The van der Waals surface area contributed by atoms with Crippen molar-refractivity contribution in [1.82, 2.24) is 10.3 Å². The molecular weight excluding hydrogens is 405 g/mol. The summed E-state index contributed by atoms with van der Waals surface area (Å²) in [5.74, 6) is -0.207. The summed E-state index contributed by atoms with van der Waals surface area (Å²) in [6.07, 6.45) is 3.17. The number of pyridine rings is 1. The molecule has 8 nitrogen and oxygen atoms in total. The van der Waals surface area contributed by atoms with Gasteiger partial charge in [-0.2, -0.15) is 0 Å². The number of benzene rings is 1. The Labute approximate surface area is 176 Å². The molecule has 0 spiro atoms. The van der Waals surface area contributed by atoms with Gasteiger partial charge in [0.2, 0.25) is 5.91 Å². The Morgan fingerprint density at radius 3 is 2.36 bits per heavy atom. The highest BCUT2D eigenvalue weighted by Gasteiger charge is 2.12. The van der Waals surface area contributed by atoms with Gasteiger partial charge >= 0.3 is 6.03 Å². The number of aromatic nitrogens is 1. The second kappa shape index (κ2) is 13.7. The Kier molecular flexibility index (Phi) is 12.6. The molecular formula is C18H25Cl2N5O3. The molecule has 0 fully saturated rings. The van der Waals surface area contributed by atoms with Gasteiger partial charge in [-0.3, -0.25) is 9.78 Å². The van der Waals surface area contributed by atoms with Crippen LogP contribution in [0.25, 0.3) is 0 Å². The number of rotatable bonds is 8. The molecule has 5 N–H and O–H groups in total. The number of ether oxygens (including phenoxy) is 1. The molecule has 154 valence electrons.